The Morgan fingerprint density at radius 1 is 1.00 bits per heavy atom. The zero-order valence-corrected chi connectivity index (χ0v) is 20.5. The average Bonchev–Trinajstić information content (AvgIpc) is 2.59. The van der Waals surface area contributed by atoms with Crippen molar-refractivity contribution in [2.24, 2.45) is 0 Å². The van der Waals surface area contributed by atoms with E-state index < -0.39 is 7.82 Å². The van der Waals surface area contributed by atoms with Crippen molar-refractivity contribution in [2.75, 3.05) is 6.61 Å². The summed E-state index contributed by atoms with van der Waals surface area (Å²) in [5, 5.41) is 0. The topological polar surface area (TPSA) is 108 Å². The van der Waals surface area contributed by atoms with Gasteiger partial charge in [0.05, 0.1) is 0 Å². The summed E-state index contributed by atoms with van der Waals surface area (Å²) in [6.45, 7) is 0.178. The normalized spacial score (nSPS) is 14.9. The quantitative estimate of drug-likeness (QED) is 0.279. The van der Waals surface area contributed by atoms with Crippen LogP contribution < -0.4 is 78.2 Å². The van der Waals surface area contributed by atoms with E-state index in [0.29, 0.717) is 17.7 Å². The summed E-state index contributed by atoms with van der Waals surface area (Å²) in [6, 6.07) is 11.4. The van der Waals surface area contributed by atoms with Crippen molar-refractivity contribution in [2.45, 2.75) is 12.8 Å². The first kappa shape index (κ1) is 25.4. The average molecular weight is 420 g/mol. The SMILES string of the molecule is O=C1CCc2ccc(OP(=O)([O-])[O-])c(c2)Oc2ccc(cc2)/C=C\CO1.[Na+].[Na+]. The summed E-state index contributed by atoms with van der Waals surface area (Å²) in [4.78, 5) is 33.7. The van der Waals surface area contributed by atoms with Gasteiger partial charge in [-0.05, 0) is 47.9 Å². The molecule has 0 fully saturated rings. The molecule has 10 heteroatoms. The number of aryl methyl sites for hydroxylation is 1. The van der Waals surface area contributed by atoms with Gasteiger partial charge in [-0.2, -0.15) is 0 Å². The summed E-state index contributed by atoms with van der Waals surface area (Å²) in [6.07, 6.45) is 4.05. The molecule has 2 aromatic carbocycles. The Kier molecular flexibility index (Phi) is 10.5. The minimum atomic E-state index is -5.24. The number of fused-ring (bicyclic) bond motifs is 7. The molecule has 4 bridgehead atoms. The van der Waals surface area contributed by atoms with Crippen LogP contribution in [-0.2, 0) is 20.5 Å². The number of hydrogen-bond donors (Lipinski definition) is 0. The molecule has 0 saturated heterocycles. The number of hydrogen-bond acceptors (Lipinski definition) is 7. The largest absolute Gasteiger partial charge is 1.00 e. The Morgan fingerprint density at radius 3 is 2.39 bits per heavy atom. The van der Waals surface area contributed by atoms with Crippen LogP contribution in [0.3, 0.4) is 0 Å². The van der Waals surface area contributed by atoms with Gasteiger partial charge in [-0.15, -0.1) is 0 Å². The Hall–Kier alpha value is -0.600. The second-order valence-electron chi connectivity index (χ2n) is 5.58. The molecule has 0 amide bonds. The van der Waals surface area contributed by atoms with E-state index in [-0.39, 0.29) is 89.6 Å². The van der Waals surface area contributed by atoms with E-state index >= 15 is 0 Å². The summed E-state index contributed by atoms with van der Waals surface area (Å²) in [7, 11) is -5.24. The molecule has 2 heterocycles. The van der Waals surface area contributed by atoms with Crippen molar-refractivity contribution in [3.05, 3.63) is 59.7 Å². The Labute approximate surface area is 206 Å². The van der Waals surface area contributed by atoms with E-state index in [1.807, 2.05) is 0 Å². The van der Waals surface area contributed by atoms with Gasteiger partial charge in [0.2, 0.25) is 0 Å². The number of rotatable bonds is 2. The fourth-order valence-electron chi connectivity index (χ4n) is 2.40. The number of esters is 1. The van der Waals surface area contributed by atoms with Crippen LogP contribution in [0.15, 0.2) is 48.5 Å². The van der Waals surface area contributed by atoms with E-state index in [1.165, 1.54) is 12.1 Å². The van der Waals surface area contributed by atoms with Gasteiger partial charge in [-0.25, -0.2) is 0 Å². The molecule has 0 spiro atoms. The molecular formula is C18H15Na2O7P. The zero-order valence-electron chi connectivity index (χ0n) is 15.6. The molecule has 0 aromatic heterocycles. The van der Waals surface area contributed by atoms with Crippen LogP contribution >= 0.6 is 7.82 Å². The molecule has 28 heavy (non-hydrogen) atoms. The van der Waals surface area contributed by atoms with Crippen LogP contribution in [-0.4, -0.2) is 12.6 Å². The third kappa shape index (κ3) is 8.03. The van der Waals surface area contributed by atoms with Crippen LogP contribution in [0.1, 0.15) is 17.5 Å². The molecule has 0 radical (unpaired) electrons. The summed E-state index contributed by atoms with van der Waals surface area (Å²) < 4.78 is 26.2. The molecule has 4 rings (SSSR count). The zero-order chi connectivity index (χ0) is 18.6. The summed E-state index contributed by atoms with van der Waals surface area (Å²) in [5.41, 5.74) is 1.58. The molecule has 0 aliphatic carbocycles. The van der Waals surface area contributed by atoms with Gasteiger partial charge in [0.1, 0.15) is 20.2 Å². The van der Waals surface area contributed by atoms with E-state index in [4.69, 9.17) is 9.47 Å². The van der Waals surface area contributed by atoms with Gasteiger partial charge in [0.25, 0.3) is 0 Å². The smallest absolute Gasteiger partial charge is 0.780 e. The second kappa shape index (κ2) is 11.6. The maximum absolute atomic E-state index is 11.8. The van der Waals surface area contributed by atoms with Crippen LogP contribution in [0.2, 0.25) is 0 Å². The first-order valence-corrected chi connectivity index (χ1v) is 9.30. The van der Waals surface area contributed by atoms with Crippen molar-refractivity contribution in [3.8, 4) is 17.2 Å². The van der Waals surface area contributed by atoms with E-state index in [1.54, 1.807) is 42.5 Å². The predicted octanol–water partition coefficient (Wildman–Crippen LogP) is -3.80. The molecule has 7 nitrogen and oxygen atoms in total. The van der Waals surface area contributed by atoms with E-state index in [2.05, 4.69) is 4.52 Å². The minimum absolute atomic E-state index is 0. The van der Waals surface area contributed by atoms with Crippen molar-refractivity contribution in [3.63, 3.8) is 0 Å². The van der Waals surface area contributed by atoms with Gasteiger partial charge >= 0.3 is 65.1 Å². The standard InChI is InChI=1S/C18H17O7P.2Na/c19-18-10-6-14-5-9-16(25-26(20,21)22)17(12-14)24-15-7-3-13(4-8-15)2-1-11-23-18;;/h1-5,7-9,12H,6,10-11H2,(H2,20,21,22);;/q;2*+1/p-2/b2-1-;;. The van der Waals surface area contributed by atoms with E-state index in [0.717, 1.165) is 5.56 Å². The third-order valence-corrected chi connectivity index (χ3v) is 4.02. The molecule has 2 aliphatic rings. The van der Waals surface area contributed by atoms with Crippen molar-refractivity contribution in [1.29, 1.82) is 0 Å². The number of phosphoric acid groups is 1. The van der Waals surface area contributed by atoms with Crippen LogP contribution in [0.5, 0.6) is 17.2 Å². The van der Waals surface area contributed by atoms with Crippen LogP contribution in [0.25, 0.3) is 6.08 Å². The van der Waals surface area contributed by atoms with Crippen LogP contribution in [0.4, 0.5) is 0 Å². The van der Waals surface area contributed by atoms with Crippen LogP contribution in [0, 0.1) is 0 Å². The maximum Gasteiger partial charge on any atom is 1.00 e. The fourth-order valence-corrected chi connectivity index (χ4v) is 2.79. The monoisotopic (exact) mass is 420 g/mol. The Balaban J connectivity index is 0.00000196. The van der Waals surface area contributed by atoms with Gasteiger partial charge in [-0.1, -0.05) is 24.3 Å². The number of carbonyl (C=O) groups excluding carboxylic acids is 1. The third-order valence-electron chi connectivity index (χ3n) is 3.59. The van der Waals surface area contributed by atoms with Gasteiger partial charge in [-0.3, -0.25) is 4.79 Å². The number of carbonyl (C=O) groups is 1. The maximum atomic E-state index is 11.8. The van der Waals surface area contributed by atoms with E-state index in [9.17, 15) is 19.1 Å². The molecule has 136 valence electrons. The van der Waals surface area contributed by atoms with Gasteiger partial charge in [0, 0.05) is 6.42 Å². The van der Waals surface area contributed by atoms with Gasteiger partial charge < -0.3 is 28.3 Å². The first-order chi connectivity index (χ1) is 12.4. The Morgan fingerprint density at radius 2 is 1.71 bits per heavy atom. The van der Waals surface area contributed by atoms with Gasteiger partial charge in [0.15, 0.2) is 11.5 Å². The molecule has 0 unspecified atom stereocenters. The number of phosphoric ester groups is 1. The second-order valence-corrected chi connectivity index (χ2v) is 6.65. The molecule has 0 saturated carbocycles. The van der Waals surface area contributed by atoms with Crippen molar-refractivity contribution < 1.29 is 92.3 Å². The van der Waals surface area contributed by atoms with Crippen molar-refractivity contribution >= 4 is 19.9 Å². The predicted molar refractivity (Wildman–Crippen MR) is 89.5 cm³/mol. The number of ether oxygens (including phenoxy) is 2. The molecule has 0 atom stereocenters. The number of benzene rings is 2. The van der Waals surface area contributed by atoms with Crippen molar-refractivity contribution in [1.82, 2.24) is 0 Å². The summed E-state index contributed by atoms with van der Waals surface area (Å²) in [5.74, 6) is -0.0532. The minimum Gasteiger partial charge on any atom is -0.780 e. The molecule has 2 aromatic rings. The fraction of sp³-hybridized carbons (Fsp3) is 0.167. The summed E-state index contributed by atoms with van der Waals surface area (Å²) >= 11 is 0. The molecule has 0 N–H and O–H groups in total. The Bertz CT molecular complexity index is 878. The first-order valence-electron chi connectivity index (χ1n) is 7.84. The molecular weight excluding hydrogens is 405 g/mol. The molecule has 2 aliphatic heterocycles.